The second-order valence-electron chi connectivity index (χ2n) is 4.17. The highest BCUT2D eigenvalue weighted by Gasteiger charge is 2.04. The molecule has 0 aliphatic rings. The highest BCUT2D eigenvalue weighted by atomic mass is 79.9. The van der Waals surface area contributed by atoms with E-state index in [-0.39, 0.29) is 0 Å². The largest absolute Gasteiger partial charge is 0.363 e. The Labute approximate surface area is 125 Å². The van der Waals surface area contributed by atoms with Gasteiger partial charge in [0, 0.05) is 23.6 Å². The molecule has 6 heteroatoms. The number of aromatic nitrogens is 3. The van der Waals surface area contributed by atoms with Crippen LogP contribution in [0.3, 0.4) is 0 Å². The van der Waals surface area contributed by atoms with Crippen molar-refractivity contribution in [3.63, 3.8) is 0 Å². The van der Waals surface area contributed by atoms with Crippen molar-refractivity contribution in [1.82, 2.24) is 15.0 Å². The highest BCUT2D eigenvalue weighted by molar-refractivity contribution is 9.10. The molecule has 1 N–H and O–H groups in total. The van der Waals surface area contributed by atoms with Gasteiger partial charge >= 0.3 is 0 Å². The number of hydrogen-bond acceptors (Lipinski definition) is 5. The van der Waals surface area contributed by atoms with Gasteiger partial charge in [0.25, 0.3) is 0 Å². The summed E-state index contributed by atoms with van der Waals surface area (Å²) < 4.78 is 0.821. The van der Waals surface area contributed by atoms with E-state index in [2.05, 4.69) is 50.0 Å². The maximum Gasteiger partial charge on any atom is 0.132 e. The first-order chi connectivity index (χ1) is 9.21. The number of rotatable bonds is 6. The second kappa shape index (κ2) is 6.96. The van der Waals surface area contributed by atoms with E-state index in [4.69, 9.17) is 0 Å². The Hall–Kier alpha value is -1.01. The van der Waals surface area contributed by atoms with Crippen LogP contribution in [0.5, 0.6) is 0 Å². The molecule has 2 heterocycles. The van der Waals surface area contributed by atoms with E-state index in [9.17, 15) is 0 Å². The van der Waals surface area contributed by atoms with Crippen LogP contribution in [-0.2, 0) is 19.4 Å². The van der Waals surface area contributed by atoms with Crippen LogP contribution in [0, 0.1) is 0 Å². The first-order valence-corrected chi connectivity index (χ1v) is 8.03. The number of halogens is 1. The number of nitrogens with one attached hydrogen (secondary N) is 1. The van der Waals surface area contributed by atoms with Crippen molar-refractivity contribution in [3.8, 4) is 0 Å². The molecule has 4 nitrogen and oxygen atoms in total. The van der Waals surface area contributed by atoms with E-state index in [1.807, 2.05) is 12.3 Å². The van der Waals surface area contributed by atoms with E-state index < -0.39 is 0 Å². The maximum absolute atomic E-state index is 4.49. The molecular formula is C13H17BrN4S. The molecule has 0 fully saturated rings. The summed E-state index contributed by atoms with van der Waals surface area (Å²) in [5.74, 6) is 1.71. The summed E-state index contributed by atoms with van der Waals surface area (Å²) in [6.07, 6.45) is 4.92. The van der Waals surface area contributed by atoms with Gasteiger partial charge in [-0.1, -0.05) is 13.8 Å². The van der Waals surface area contributed by atoms with Crippen LogP contribution in [0.15, 0.2) is 16.9 Å². The smallest absolute Gasteiger partial charge is 0.132 e. The Kier molecular flexibility index (Phi) is 5.27. The monoisotopic (exact) mass is 340 g/mol. The van der Waals surface area contributed by atoms with Gasteiger partial charge in [-0.2, -0.15) is 0 Å². The van der Waals surface area contributed by atoms with E-state index in [1.54, 1.807) is 11.3 Å². The molecule has 102 valence electrons. The minimum absolute atomic E-state index is 0.708. The molecule has 0 saturated carbocycles. The minimum Gasteiger partial charge on any atom is -0.363 e. The van der Waals surface area contributed by atoms with Crippen LogP contribution in [0.25, 0.3) is 0 Å². The summed E-state index contributed by atoms with van der Waals surface area (Å²) in [5, 5.41) is 4.39. The van der Waals surface area contributed by atoms with Crippen molar-refractivity contribution in [2.75, 3.05) is 5.32 Å². The molecule has 0 atom stereocenters. The van der Waals surface area contributed by atoms with Crippen LogP contribution in [0.2, 0.25) is 0 Å². The van der Waals surface area contributed by atoms with Crippen molar-refractivity contribution < 1.29 is 0 Å². The number of aryl methyl sites for hydroxylation is 2. The van der Waals surface area contributed by atoms with Crippen molar-refractivity contribution in [2.45, 2.75) is 39.7 Å². The lowest BCUT2D eigenvalue weighted by molar-refractivity contribution is 0.828. The molecule has 0 unspecified atom stereocenters. The molecule has 0 aliphatic heterocycles. The van der Waals surface area contributed by atoms with E-state index in [0.29, 0.717) is 6.54 Å². The van der Waals surface area contributed by atoms with E-state index in [0.717, 1.165) is 40.5 Å². The molecule has 2 rings (SSSR count). The number of hydrogen-bond donors (Lipinski definition) is 1. The van der Waals surface area contributed by atoms with Crippen LogP contribution in [0.1, 0.15) is 36.0 Å². The summed E-state index contributed by atoms with van der Waals surface area (Å²) in [6.45, 7) is 4.97. The Balaban J connectivity index is 2.02. The zero-order valence-corrected chi connectivity index (χ0v) is 13.5. The fourth-order valence-electron chi connectivity index (χ4n) is 1.65. The molecule has 0 aromatic carbocycles. The van der Waals surface area contributed by atoms with Gasteiger partial charge in [0.1, 0.15) is 21.3 Å². The van der Waals surface area contributed by atoms with Crippen LogP contribution in [0.4, 0.5) is 5.82 Å². The molecule has 0 saturated heterocycles. The fraction of sp³-hybridized carbons (Fsp3) is 0.462. The highest BCUT2D eigenvalue weighted by Crippen LogP contribution is 2.17. The van der Waals surface area contributed by atoms with Crippen LogP contribution < -0.4 is 5.32 Å². The Morgan fingerprint density at radius 2 is 2.16 bits per heavy atom. The summed E-state index contributed by atoms with van der Waals surface area (Å²) in [7, 11) is 0. The third-order valence-electron chi connectivity index (χ3n) is 2.59. The molecule has 2 aromatic heterocycles. The van der Waals surface area contributed by atoms with Gasteiger partial charge in [-0.25, -0.2) is 15.0 Å². The molecule has 0 bridgehead atoms. The number of thiazole rings is 1. The maximum atomic E-state index is 4.49. The molecule has 0 amide bonds. The zero-order chi connectivity index (χ0) is 13.7. The first kappa shape index (κ1) is 14.4. The van der Waals surface area contributed by atoms with Crippen molar-refractivity contribution in [1.29, 1.82) is 0 Å². The van der Waals surface area contributed by atoms with Gasteiger partial charge in [-0.05, 0) is 28.8 Å². The Bertz CT molecular complexity index is 541. The SMILES string of the molecule is CCCc1nc(Br)cc(NCc2ncc(CC)s2)n1. The lowest BCUT2D eigenvalue weighted by Gasteiger charge is -2.06. The van der Waals surface area contributed by atoms with E-state index >= 15 is 0 Å². The standard InChI is InChI=1S/C13H17BrN4S/c1-3-5-11-17-10(14)6-12(18-11)15-8-13-16-7-9(4-2)19-13/h6-7H,3-5,8H2,1-2H3,(H,15,17,18). The normalized spacial score (nSPS) is 10.7. The molecule has 0 aliphatic carbocycles. The van der Waals surface area contributed by atoms with Gasteiger partial charge < -0.3 is 5.32 Å². The van der Waals surface area contributed by atoms with Gasteiger partial charge in [-0.15, -0.1) is 11.3 Å². The molecule has 0 radical (unpaired) electrons. The van der Waals surface area contributed by atoms with Crippen molar-refractivity contribution in [3.05, 3.63) is 32.6 Å². The summed E-state index contributed by atoms with van der Waals surface area (Å²) in [5.41, 5.74) is 0. The van der Waals surface area contributed by atoms with Gasteiger partial charge in [-0.3, -0.25) is 0 Å². The first-order valence-electron chi connectivity index (χ1n) is 6.42. The number of anilines is 1. The fourth-order valence-corrected chi connectivity index (χ4v) is 2.87. The van der Waals surface area contributed by atoms with Crippen LogP contribution >= 0.6 is 27.3 Å². The third kappa shape index (κ3) is 4.24. The average molecular weight is 341 g/mol. The van der Waals surface area contributed by atoms with Gasteiger partial charge in [0.05, 0.1) is 6.54 Å². The summed E-state index contributed by atoms with van der Waals surface area (Å²) >= 11 is 5.16. The Morgan fingerprint density at radius 1 is 1.32 bits per heavy atom. The van der Waals surface area contributed by atoms with Crippen molar-refractivity contribution >= 4 is 33.1 Å². The van der Waals surface area contributed by atoms with Crippen molar-refractivity contribution in [2.24, 2.45) is 0 Å². The van der Waals surface area contributed by atoms with E-state index in [1.165, 1.54) is 4.88 Å². The quantitative estimate of drug-likeness (QED) is 0.812. The second-order valence-corrected chi connectivity index (χ2v) is 6.18. The average Bonchev–Trinajstić information content (AvgIpc) is 2.84. The molecule has 2 aromatic rings. The lowest BCUT2D eigenvalue weighted by Crippen LogP contribution is -2.04. The lowest BCUT2D eigenvalue weighted by atomic mass is 10.3. The van der Waals surface area contributed by atoms with Crippen LogP contribution in [-0.4, -0.2) is 15.0 Å². The molecular weight excluding hydrogens is 324 g/mol. The Morgan fingerprint density at radius 3 is 2.84 bits per heavy atom. The summed E-state index contributed by atoms with van der Waals surface area (Å²) in [6, 6.07) is 1.90. The van der Waals surface area contributed by atoms with Gasteiger partial charge in [0.15, 0.2) is 0 Å². The topological polar surface area (TPSA) is 50.7 Å². The predicted molar refractivity (Wildman–Crippen MR) is 82.5 cm³/mol. The minimum atomic E-state index is 0.708. The van der Waals surface area contributed by atoms with Gasteiger partial charge in [0.2, 0.25) is 0 Å². The third-order valence-corrected chi connectivity index (χ3v) is 4.13. The predicted octanol–water partition coefficient (Wildman–Crippen LogP) is 3.82. The molecule has 19 heavy (non-hydrogen) atoms. The number of nitrogens with zero attached hydrogens (tertiary/aromatic N) is 3. The zero-order valence-electron chi connectivity index (χ0n) is 11.1. The molecule has 0 spiro atoms. The summed E-state index contributed by atoms with van der Waals surface area (Å²) in [4.78, 5) is 14.5.